The maximum Gasteiger partial charge on any atom is 0.416 e. The number of nitrogens with one attached hydrogen (secondary N) is 1. The SMILES string of the molecule is CC(=O)NC1(c2cccc(C(F)(F)F)c2)CCN(C(=O)O)CC1. The van der Waals surface area contributed by atoms with E-state index in [1.165, 1.54) is 24.0 Å². The van der Waals surface area contributed by atoms with Crippen molar-refractivity contribution in [2.75, 3.05) is 13.1 Å². The molecule has 0 bridgehead atoms. The number of halogens is 3. The van der Waals surface area contributed by atoms with Crippen LogP contribution in [0.4, 0.5) is 18.0 Å². The number of likely N-dealkylation sites (tertiary alicyclic amines) is 1. The second-order valence-corrected chi connectivity index (χ2v) is 5.61. The second-order valence-electron chi connectivity index (χ2n) is 5.61. The van der Waals surface area contributed by atoms with E-state index in [-0.39, 0.29) is 31.8 Å². The Labute approximate surface area is 131 Å². The van der Waals surface area contributed by atoms with Gasteiger partial charge in [0.2, 0.25) is 5.91 Å². The third kappa shape index (κ3) is 3.75. The van der Waals surface area contributed by atoms with Crippen molar-refractivity contribution >= 4 is 12.0 Å². The lowest BCUT2D eigenvalue weighted by Crippen LogP contribution is -2.53. The molecule has 0 unspecified atom stereocenters. The van der Waals surface area contributed by atoms with Crippen LogP contribution in [0.15, 0.2) is 24.3 Å². The zero-order valence-electron chi connectivity index (χ0n) is 12.5. The molecule has 1 aliphatic rings. The Bertz CT molecular complexity index is 608. The molecule has 0 aromatic heterocycles. The molecule has 5 nitrogen and oxygen atoms in total. The molecule has 8 heteroatoms. The van der Waals surface area contributed by atoms with Crippen molar-refractivity contribution in [3.63, 3.8) is 0 Å². The first-order valence-electron chi connectivity index (χ1n) is 7.08. The Hall–Kier alpha value is -2.25. The molecule has 0 radical (unpaired) electrons. The Morgan fingerprint density at radius 3 is 2.35 bits per heavy atom. The van der Waals surface area contributed by atoms with Crippen LogP contribution in [0, 0.1) is 0 Å². The Kier molecular flexibility index (Phi) is 4.53. The van der Waals surface area contributed by atoms with E-state index in [2.05, 4.69) is 5.32 Å². The molecular weight excluding hydrogens is 313 g/mol. The Balaban J connectivity index is 2.37. The average Bonchev–Trinajstić information content (AvgIpc) is 2.46. The maximum atomic E-state index is 12.9. The molecule has 1 saturated heterocycles. The molecular formula is C15H17F3N2O3. The van der Waals surface area contributed by atoms with Gasteiger partial charge in [0.1, 0.15) is 0 Å². The van der Waals surface area contributed by atoms with Gasteiger partial charge in [-0.05, 0) is 30.5 Å². The van der Waals surface area contributed by atoms with Crippen LogP contribution < -0.4 is 5.32 Å². The van der Waals surface area contributed by atoms with Crippen molar-refractivity contribution < 1.29 is 27.9 Å². The summed E-state index contributed by atoms with van der Waals surface area (Å²) in [5, 5.41) is 11.7. The zero-order chi connectivity index (χ0) is 17.3. The van der Waals surface area contributed by atoms with Gasteiger partial charge in [-0.25, -0.2) is 4.79 Å². The molecule has 0 saturated carbocycles. The first kappa shape index (κ1) is 17.1. The van der Waals surface area contributed by atoms with E-state index >= 15 is 0 Å². The van der Waals surface area contributed by atoms with Crippen LogP contribution in [0.3, 0.4) is 0 Å². The van der Waals surface area contributed by atoms with Gasteiger partial charge in [-0.15, -0.1) is 0 Å². The number of piperidine rings is 1. The summed E-state index contributed by atoms with van der Waals surface area (Å²) in [7, 11) is 0. The number of benzene rings is 1. The lowest BCUT2D eigenvalue weighted by atomic mass is 9.80. The summed E-state index contributed by atoms with van der Waals surface area (Å²) in [6.07, 6.45) is -5.11. The summed E-state index contributed by atoms with van der Waals surface area (Å²) < 4.78 is 38.8. The minimum atomic E-state index is -4.48. The normalized spacial score (nSPS) is 17.7. The van der Waals surface area contributed by atoms with Crippen molar-refractivity contribution in [2.45, 2.75) is 31.5 Å². The van der Waals surface area contributed by atoms with Crippen LogP contribution >= 0.6 is 0 Å². The van der Waals surface area contributed by atoms with Gasteiger partial charge in [0.05, 0.1) is 11.1 Å². The van der Waals surface area contributed by atoms with Crippen LogP contribution in [0.5, 0.6) is 0 Å². The highest BCUT2D eigenvalue weighted by atomic mass is 19.4. The van der Waals surface area contributed by atoms with Gasteiger partial charge in [0.25, 0.3) is 0 Å². The van der Waals surface area contributed by atoms with E-state index in [4.69, 9.17) is 5.11 Å². The lowest BCUT2D eigenvalue weighted by Gasteiger charge is -2.42. The Morgan fingerprint density at radius 1 is 1.26 bits per heavy atom. The second kappa shape index (κ2) is 6.10. The van der Waals surface area contributed by atoms with E-state index in [9.17, 15) is 22.8 Å². The summed E-state index contributed by atoms with van der Waals surface area (Å²) >= 11 is 0. The molecule has 1 aromatic carbocycles. The molecule has 1 aromatic rings. The number of carboxylic acid groups (broad SMARTS) is 1. The van der Waals surface area contributed by atoms with Crippen LogP contribution in [0.1, 0.15) is 30.9 Å². The van der Waals surface area contributed by atoms with Crippen molar-refractivity contribution in [3.8, 4) is 0 Å². The van der Waals surface area contributed by atoms with E-state index in [0.717, 1.165) is 12.1 Å². The molecule has 126 valence electrons. The number of hydrogen-bond acceptors (Lipinski definition) is 2. The molecule has 2 rings (SSSR count). The zero-order valence-corrected chi connectivity index (χ0v) is 12.5. The van der Waals surface area contributed by atoms with E-state index in [1.807, 2.05) is 0 Å². The van der Waals surface area contributed by atoms with Gasteiger partial charge >= 0.3 is 12.3 Å². The molecule has 23 heavy (non-hydrogen) atoms. The Morgan fingerprint density at radius 2 is 1.87 bits per heavy atom. The first-order chi connectivity index (χ1) is 10.6. The number of hydrogen-bond donors (Lipinski definition) is 2. The van der Waals surface area contributed by atoms with Gasteiger partial charge in [-0.3, -0.25) is 4.79 Å². The van der Waals surface area contributed by atoms with Crippen LogP contribution in [-0.2, 0) is 16.5 Å². The molecule has 2 N–H and O–H groups in total. The molecule has 0 spiro atoms. The lowest BCUT2D eigenvalue weighted by molar-refractivity contribution is -0.137. The van der Waals surface area contributed by atoms with Crippen molar-refractivity contribution in [3.05, 3.63) is 35.4 Å². The van der Waals surface area contributed by atoms with Crippen LogP contribution in [-0.4, -0.2) is 35.1 Å². The molecule has 1 aliphatic heterocycles. The molecule has 0 atom stereocenters. The monoisotopic (exact) mass is 330 g/mol. The van der Waals surface area contributed by atoms with E-state index in [1.54, 1.807) is 0 Å². The standard InChI is InChI=1S/C15H17F3N2O3/c1-10(21)19-14(5-7-20(8-6-14)13(22)23)11-3-2-4-12(9-11)15(16,17)18/h2-4,9H,5-8H2,1H3,(H,19,21)(H,22,23). The number of amides is 2. The molecule has 1 fully saturated rings. The first-order valence-corrected chi connectivity index (χ1v) is 7.08. The van der Waals surface area contributed by atoms with Gasteiger partial charge < -0.3 is 15.3 Å². The van der Waals surface area contributed by atoms with Gasteiger partial charge in [0, 0.05) is 20.0 Å². The third-order valence-corrected chi connectivity index (χ3v) is 4.05. The van der Waals surface area contributed by atoms with Crippen LogP contribution in [0.2, 0.25) is 0 Å². The maximum absolute atomic E-state index is 12.9. The fourth-order valence-electron chi connectivity index (χ4n) is 2.90. The highest BCUT2D eigenvalue weighted by Crippen LogP contribution is 2.37. The fourth-order valence-corrected chi connectivity index (χ4v) is 2.90. The topological polar surface area (TPSA) is 69.6 Å². The van der Waals surface area contributed by atoms with Crippen molar-refractivity contribution in [1.29, 1.82) is 0 Å². The third-order valence-electron chi connectivity index (χ3n) is 4.05. The highest BCUT2D eigenvalue weighted by Gasteiger charge is 2.40. The number of nitrogens with zero attached hydrogens (tertiary/aromatic N) is 1. The van der Waals surface area contributed by atoms with Crippen molar-refractivity contribution in [1.82, 2.24) is 10.2 Å². The van der Waals surface area contributed by atoms with E-state index in [0.29, 0.717) is 5.56 Å². The minimum absolute atomic E-state index is 0.145. The largest absolute Gasteiger partial charge is 0.465 e. The van der Waals surface area contributed by atoms with Gasteiger partial charge in [-0.2, -0.15) is 13.2 Å². The summed E-state index contributed by atoms with van der Waals surface area (Å²) in [5.74, 6) is -0.369. The number of rotatable bonds is 2. The number of carbonyl (C=O) groups excluding carboxylic acids is 1. The molecule has 0 aliphatic carbocycles. The van der Waals surface area contributed by atoms with E-state index < -0.39 is 23.4 Å². The quantitative estimate of drug-likeness (QED) is 0.876. The fraction of sp³-hybridized carbons (Fsp3) is 0.467. The predicted octanol–water partition coefficient (Wildman–Crippen LogP) is 2.81. The highest BCUT2D eigenvalue weighted by molar-refractivity contribution is 5.74. The average molecular weight is 330 g/mol. The predicted molar refractivity (Wildman–Crippen MR) is 75.8 cm³/mol. The summed E-state index contributed by atoms with van der Waals surface area (Å²) in [6.45, 7) is 1.58. The summed E-state index contributed by atoms with van der Waals surface area (Å²) in [6, 6.07) is 4.82. The van der Waals surface area contributed by atoms with Gasteiger partial charge in [0.15, 0.2) is 0 Å². The number of alkyl halides is 3. The smallest absolute Gasteiger partial charge is 0.416 e. The van der Waals surface area contributed by atoms with Gasteiger partial charge in [-0.1, -0.05) is 12.1 Å². The number of carbonyl (C=O) groups is 2. The summed E-state index contributed by atoms with van der Waals surface area (Å²) in [4.78, 5) is 23.7. The molecule has 2 amide bonds. The summed E-state index contributed by atoms with van der Waals surface area (Å²) in [5.41, 5.74) is -1.44. The van der Waals surface area contributed by atoms with Crippen molar-refractivity contribution in [2.24, 2.45) is 0 Å². The minimum Gasteiger partial charge on any atom is -0.465 e. The van der Waals surface area contributed by atoms with Crippen LogP contribution in [0.25, 0.3) is 0 Å². The molecule has 1 heterocycles.